The van der Waals surface area contributed by atoms with E-state index in [-0.39, 0.29) is 11.7 Å². The molecule has 0 aromatic heterocycles. The van der Waals surface area contributed by atoms with Crippen molar-refractivity contribution in [2.75, 3.05) is 6.61 Å². The minimum Gasteiger partial charge on any atom is -0.406 e. The van der Waals surface area contributed by atoms with E-state index in [0.29, 0.717) is 25.3 Å². The van der Waals surface area contributed by atoms with Crippen LogP contribution in [0.4, 0.5) is 13.2 Å². The van der Waals surface area contributed by atoms with E-state index in [1.807, 2.05) is 31.2 Å². The number of hydrogen-bond acceptors (Lipinski definition) is 3. The molecule has 0 radical (unpaired) electrons. The second-order valence-corrected chi connectivity index (χ2v) is 5.57. The Balaban J connectivity index is 1.89. The Morgan fingerprint density at radius 1 is 1.07 bits per heavy atom. The number of halogens is 3. The third-order valence-electron chi connectivity index (χ3n) is 3.57. The van der Waals surface area contributed by atoms with E-state index in [1.165, 1.54) is 36.4 Å². The third kappa shape index (κ3) is 7.53. The third-order valence-corrected chi connectivity index (χ3v) is 3.57. The topological polar surface area (TPSA) is 47.6 Å². The van der Waals surface area contributed by atoms with E-state index < -0.39 is 6.36 Å². The van der Waals surface area contributed by atoms with Crippen molar-refractivity contribution in [2.45, 2.75) is 26.4 Å². The molecule has 0 unspecified atom stereocenters. The molecule has 144 valence electrons. The maximum Gasteiger partial charge on any atom is 0.573 e. The van der Waals surface area contributed by atoms with E-state index in [2.05, 4.69) is 10.1 Å². The van der Waals surface area contributed by atoms with Crippen molar-refractivity contribution in [3.05, 3.63) is 71.3 Å². The van der Waals surface area contributed by atoms with Crippen LogP contribution in [-0.2, 0) is 22.7 Å². The zero-order valence-corrected chi connectivity index (χ0v) is 14.8. The molecule has 0 aliphatic rings. The molecule has 2 aromatic rings. The molecule has 0 heterocycles. The van der Waals surface area contributed by atoms with Gasteiger partial charge >= 0.3 is 6.36 Å². The van der Waals surface area contributed by atoms with Crippen LogP contribution in [0.1, 0.15) is 23.6 Å². The maximum absolute atomic E-state index is 12.1. The van der Waals surface area contributed by atoms with Gasteiger partial charge in [-0.2, -0.15) is 0 Å². The summed E-state index contributed by atoms with van der Waals surface area (Å²) in [5.41, 5.74) is 2.54. The van der Waals surface area contributed by atoms with Gasteiger partial charge in [-0.3, -0.25) is 4.79 Å². The number of hydrogen-bond donors (Lipinski definition) is 1. The molecule has 2 rings (SSSR count). The van der Waals surface area contributed by atoms with Crippen molar-refractivity contribution in [1.82, 2.24) is 5.32 Å². The molecule has 0 fully saturated rings. The zero-order valence-electron chi connectivity index (χ0n) is 14.8. The molecule has 0 saturated heterocycles. The molecule has 27 heavy (non-hydrogen) atoms. The van der Waals surface area contributed by atoms with Crippen molar-refractivity contribution in [2.24, 2.45) is 0 Å². The van der Waals surface area contributed by atoms with Gasteiger partial charge in [-0.1, -0.05) is 36.4 Å². The molecule has 0 saturated carbocycles. The largest absolute Gasteiger partial charge is 0.573 e. The van der Waals surface area contributed by atoms with Crippen LogP contribution in [0.3, 0.4) is 0 Å². The minimum atomic E-state index is -4.73. The van der Waals surface area contributed by atoms with E-state index in [0.717, 1.165) is 11.1 Å². The van der Waals surface area contributed by atoms with Gasteiger partial charge in [-0.05, 0) is 41.8 Å². The predicted octanol–water partition coefficient (Wildman–Crippen LogP) is 4.45. The van der Waals surface area contributed by atoms with Gasteiger partial charge in [0.2, 0.25) is 5.91 Å². The van der Waals surface area contributed by atoms with E-state index in [9.17, 15) is 18.0 Å². The van der Waals surface area contributed by atoms with Gasteiger partial charge in [0, 0.05) is 19.2 Å². The summed E-state index contributed by atoms with van der Waals surface area (Å²) in [7, 11) is 0. The van der Waals surface area contributed by atoms with Gasteiger partial charge in [0.05, 0.1) is 6.61 Å². The number of ether oxygens (including phenoxy) is 2. The monoisotopic (exact) mass is 379 g/mol. The van der Waals surface area contributed by atoms with E-state index in [1.54, 1.807) is 0 Å². The lowest BCUT2D eigenvalue weighted by atomic mass is 10.1. The maximum atomic E-state index is 12.1. The highest BCUT2D eigenvalue weighted by molar-refractivity contribution is 5.91. The van der Waals surface area contributed by atoms with Gasteiger partial charge in [-0.25, -0.2) is 0 Å². The first-order valence-corrected chi connectivity index (χ1v) is 8.33. The van der Waals surface area contributed by atoms with Crippen molar-refractivity contribution in [1.29, 1.82) is 0 Å². The van der Waals surface area contributed by atoms with Gasteiger partial charge < -0.3 is 14.8 Å². The number of carbonyl (C=O) groups excluding carboxylic acids is 1. The lowest BCUT2D eigenvalue weighted by Gasteiger charge is -2.10. The number of carbonyl (C=O) groups is 1. The number of amides is 1. The fourth-order valence-corrected chi connectivity index (χ4v) is 2.28. The molecule has 0 spiro atoms. The highest BCUT2D eigenvalue weighted by atomic mass is 19.4. The first-order chi connectivity index (χ1) is 12.9. The first kappa shape index (κ1) is 20.5. The predicted molar refractivity (Wildman–Crippen MR) is 95.8 cm³/mol. The van der Waals surface area contributed by atoms with Gasteiger partial charge in [0.25, 0.3) is 0 Å². The Morgan fingerprint density at radius 2 is 1.74 bits per heavy atom. The molecule has 0 atom stereocenters. The summed E-state index contributed by atoms with van der Waals surface area (Å²) in [6.45, 7) is 3.35. The van der Waals surface area contributed by atoms with Crippen LogP contribution < -0.4 is 10.1 Å². The van der Waals surface area contributed by atoms with Crippen LogP contribution in [0.15, 0.2) is 54.6 Å². The zero-order chi connectivity index (χ0) is 19.7. The van der Waals surface area contributed by atoms with Crippen molar-refractivity contribution in [3.8, 4) is 5.75 Å². The van der Waals surface area contributed by atoms with E-state index in [4.69, 9.17) is 4.74 Å². The molecule has 1 N–H and O–H groups in total. The molecule has 4 nitrogen and oxygen atoms in total. The molecule has 0 bridgehead atoms. The fraction of sp³-hybridized carbons (Fsp3) is 0.250. The van der Waals surface area contributed by atoms with Gasteiger partial charge in [0.1, 0.15) is 5.75 Å². The number of benzene rings is 2. The summed E-state index contributed by atoms with van der Waals surface area (Å²) in [6.07, 6.45) is -1.89. The normalized spacial score (nSPS) is 11.6. The average Bonchev–Trinajstić information content (AvgIpc) is 2.63. The minimum absolute atomic E-state index is 0.308. The fourth-order valence-electron chi connectivity index (χ4n) is 2.28. The first-order valence-electron chi connectivity index (χ1n) is 8.33. The quantitative estimate of drug-likeness (QED) is 0.690. The Labute approximate surface area is 155 Å². The lowest BCUT2D eigenvalue weighted by Crippen LogP contribution is -2.21. The molecule has 2 aromatic carbocycles. The average molecular weight is 379 g/mol. The summed E-state index contributed by atoms with van der Waals surface area (Å²) < 4.78 is 45.6. The number of alkyl halides is 3. The molecule has 7 heteroatoms. The molecule has 0 aliphatic heterocycles. The summed E-state index contributed by atoms with van der Waals surface area (Å²) in [4.78, 5) is 12.0. The van der Waals surface area contributed by atoms with Crippen molar-refractivity contribution < 1.29 is 27.4 Å². The highest BCUT2D eigenvalue weighted by Crippen LogP contribution is 2.23. The molecular formula is C20H20F3NO3. The van der Waals surface area contributed by atoms with E-state index >= 15 is 0 Å². The molecule has 0 aliphatic carbocycles. The van der Waals surface area contributed by atoms with Crippen LogP contribution in [0.2, 0.25) is 0 Å². The van der Waals surface area contributed by atoms with Crippen LogP contribution in [-0.4, -0.2) is 18.9 Å². The SMILES string of the molecule is CCOCc1ccccc1CNC(=O)/C=C/c1ccc(OC(F)(F)F)cc1. The summed E-state index contributed by atoms with van der Waals surface area (Å²) >= 11 is 0. The van der Waals surface area contributed by atoms with Crippen molar-refractivity contribution in [3.63, 3.8) is 0 Å². The highest BCUT2D eigenvalue weighted by Gasteiger charge is 2.30. The van der Waals surface area contributed by atoms with Crippen LogP contribution in [0.25, 0.3) is 6.08 Å². The van der Waals surface area contributed by atoms with Gasteiger partial charge in [-0.15, -0.1) is 13.2 Å². The Bertz CT molecular complexity index is 771. The van der Waals surface area contributed by atoms with Crippen LogP contribution in [0.5, 0.6) is 5.75 Å². The number of rotatable bonds is 8. The Hall–Kier alpha value is -2.80. The summed E-state index contributed by atoms with van der Waals surface area (Å²) in [5, 5.41) is 2.77. The number of nitrogens with one attached hydrogen (secondary N) is 1. The lowest BCUT2D eigenvalue weighted by molar-refractivity contribution is -0.274. The Morgan fingerprint density at radius 3 is 2.37 bits per heavy atom. The van der Waals surface area contributed by atoms with Gasteiger partial charge in [0.15, 0.2) is 0 Å². The van der Waals surface area contributed by atoms with Crippen LogP contribution >= 0.6 is 0 Å². The van der Waals surface area contributed by atoms with Crippen LogP contribution in [0, 0.1) is 0 Å². The molecule has 1 amide bonds. The summed E-state index contributed by atoms with van der Waals surface area (Å²) in [6, 6.07) is 12.9. The smallest absolute Gasteiger partial charge is 0.406 e. The summed E-state index contributed by atoms with van der Waals surface area (Å²) in [5.74, 6) is -0.619. The standard InChI is InChI=1S/C20H20F3NO3/c1-2-26-14-17-6-4-3-5-16(17)13-24-19(25)12-9-15-7-10-18(11-8-15)27-20(21,22)23/h3-12H,2,13-14H2,1H3,(H,24,25)/b12-9+. The van der Waals surface area contributed by atoms with Crippen molar-refractivity contribution >= 4 is 12.0 Å². The second kappa shape index (κ2) is 9.78. The second-order valence-electron chi connectivity index (χ2n) is 5.57. The Kier molecular flexibility index (Phi) is 7.43. The molecular weight excluding hydrogens is 359 g/mol.